The van der Waals surface area contributed by atoms with Crippen LogP contribution in [0.25, 0.3) is 0 Å². The number of amides is 2. The van der Waals surface area contributed by atoms with Crippen LogP contribution in [-0.2, 0) is 20.7 Å². The van der Waals surface area contributed by atoms with Gasteiger partial charge in [0.2, 0.25) is 11.8 Å². The predicted molar refractivity (Wildman–Crippen MR) is 105 cm³/mol. The van der Waals surface area contributed by atoms with E-state index in [2.05, 4.69) is 10.5 Å². The van der Waals surface area contributed by atoms with E-state index in [4.69, 9.17) is 20.9 Å². The van der Waals surface area contributed by atoms with E-state index < -0.39 is 0 Å². The lowest BCUT2D eigenvalue weighted by Crippen LogP contribution is -2.33. The van der Waals surface area contributed by atoms with E-state index in [1.165, 1.54) is 0 Å². The molecule has 1 N–H and O–H groups in total. The van der Waals surface area contributed by atoms with Crippen LogP contribution in [-0.4, -0.2) is 48.2 Å². The van der Waals surface area contributed by atoms with Crippen molar-refractivity contribution in [2.45, 2.75) is 32.8 Å². The Morgan fingerprint density at radius 2 is 2.14 bits per heavy atom. The summed E-state index contributed by atoms with van der Waals surface area (Å²) in [6.45, 7) is 4.65. The maximum absolute atomic E-state index is 12.6. The first-order valence-electron chi connectivity index (χ1n) is 9.15. The first kappa shape index (κ1) is 20.4. The third-order valence-corrected chi connectivity index (χ3v) is 5.44. The minimum Gasteiger partial charge on any atom is -0.379 e. The van der Waals surface area contributed by atoms with Gasteiger partial charge in [-0.25, -0.2) is 0 Å². The van der Waals surface area contributed by atoms with Crippen molar-refractivity contribution in [1.29, 1.82) is 0 Å². The summed E-state index contributed by atoms with van der Waals surface area (Å²) in [6.07, 6.45) is 0.306. The van der Waals surface area contributed by atoms with Crippen molar-refractivity contribution in [3.63, 3.8) is 0 Å². The molecule has 150 valence electrons. The maximum atomic E-state index is 12.6. The summed E-state index contributed by atoms with van der Waals surface area (Å²) in [4.78, 5) is 26.6. The third kappa shape index (κ3) is 4.72. The first-order valence-corrected chi connectivity index (χ1v) is 9.53. The Kier molecular flexibility index (Phi) is 6.36. The van der Waals surface area contributed by atoms with Crippen molar-refractivity contribution in [2.24, 2.45) is 5.92 Å². The molecule has 0 spiro atoms. The normalized spacial score (nSPS) is 19.1. The van der Waals surface area contributed by atoms with Crippen molar-refractivity contribution >= 4 is 29.1 Å². The molecule has 7 nitrogen and oxygen atoms in total. The van der Waals surface area contributed by atoms with Gasteiger partial charge in [-0.2, -0.15) is 0 Å². The van der Waals surface area contributed by atoms with Crippen LogP contribution in [0.1, 0.15) is 23.4 Å². The van der Waals surface area contributed by atoms with Gasteiger partial charge in [-0.05, 0) is 31.5 Å². The lowest BCUT2D eigenvalue weighted by Gasteiger charge is -2.16. The van der Waals surface area contributed by atoms with Crippen LogP contribution in [0.4, 0.5) is 5.69 Å². The summed E-state index contributed by atoms with van der Waals surface area (Å²) >= 11 is 6.07. The number of aryl methyl sites for hydroxylation is 1. The van der Waals surface area contributed by atoms with E-state index in [0.29, 0.717) is 30.2 Å². The largest absolute Gasteiger partial charge is 0.379 e. The van der Waals surface area contributed by atoms with Gasteiger partial charge in [0.1, 0.15) is 12.2 Å². The van der Waals surface area contributed by atoms with Crippen LogP contribution in [0.3, 0.4) is 0 Å². The lowest BCUT2D eigenvalue weighted by atomic mass is 10.0. The minimum absolute atomic E-state index is 0.0968. The third-order valence-electron chi connectivity index (χ3n) is 5.03. The van der Waals surface area contributed by atoms with Gasteiger partial charge in [0, 0.05) is 49.3 Å². The Morgan fingerprint density at radius 3 is 2.82 bits per heavy atom. The number of hydrogen-bond donors (Lipinski definition) is 1. The molecule has 2 aromatic rings. The van der Waals surface area contributed by atoms with Crippen molar-refractivity contribution in [1.82, 2.24) is 10.1 Å². The molecule has 0 unspecified atom stereocenters. The lowest BCUT2D eigenvalue weighted by molar-refractivity contribution is -0.134. The zero-order valence-electron chi connectivity index (χ0n) is 16.2. The number of carbonyl (C=O) groups excluding carboxylic acids is 2. The van der Waals surface area contributed by atoms with Crippen LogP contribution < -0.4 is 5.32 Å². The van der Waals surface area contributed by atoms with Crippen LogP contribution in [0.5, 0.6) is 0 Å². The average Bonchev–Trinajstić information content (AvgIpc) is 3.25. The van der Waals surface area contributed by atoms with Crippen LogP contribution in [0.2, 0.25) is 5.02 Å². The van der Waals surface area contributed by atoms with E-state index >= 15 is 0 Å². The fraction of sp³-hybridized carbons (Fsp3) is 0.450. The average molecular weight is 406 g/mol. The number of nitrogens with zero attached hydrogens (tertiary/aromatic N) is 2. The summed E-state index contributed by atoms with van der Waals surface area (Å²) in [7, 11) is 1.63. The van der Waals surface area contributed by atoms with Crippen molar-refractivity contribution in [3.05, 3.63) is 46.3 Å². The highest BCUT2D eigenvalue weighted by atomic mass is 35.5. The molecule has 8 heteroatoms. The molecule has 0 bridgehead atoms. The molecule has 2 atom stereocenters. The summed E-state index contributed by atoms with van der Waals surface area (Å²) in [5.74, 6) is 0.279. The first-order chi connectivity index (χ1) is 13.4. The highest BCUT2D eigenvalue weighted by molar-refractivity contribution is 6.31. The monoisotopic (exact) mass is 405 g/mol. The molecule has 1 aromatic heterocycles. The second-order valence-electron chi connectivity index (χ2n) is 7.11. The summed E-state index contributed by atoms with van der Waals surface area (Å²) in [5, 5.41) is 7.22. The van der Waals surface area contributed by atoms with Crippen LogP contribution in [0, 0.1) is 19.8 Å². The fourth-order valence-electron chi connectivity index (χ4n) is 3.47. The van der Waals surface area contributed by atoms with Gasteiger partial charge < -0.3 is 19.5 Å². The Morgan fingerprint density at radius 1 is 1.36 bits per heavy atom. The highest BCUT2D eigenvalue weighted by Crippen LogP contribution is 2.25. The SMILES string of the molecule is CO[C@H]1CN(C(=O)CC(=O)Nc2cccc(Cl)c2C)C[C@H]1Cc1cc(C)no1. The second-order valence-corrected chi connectivity index (χ2v) is 7.52. The topological polar surface area (TPSA) is 84.7 Å². The van der Waals surface area contributed by atoms with Gasteiger partial charge in [0.15, 0.2) is 0 Å². The van der Waals surface area contributed by atoms with E-state index in [0.717, 1.165) is 17.0 Å². The molecule has 1 saturated heterocycles. The number of halogens is 1. The molecule has 1 aliphatic rings. The number of rotatable bonds is 6. The quantitative estimate of drug-likeness (QED) is 0.747. The molecule has 3 rings (SSSR count). The number of benzene rings is 1. The Labute approximate surface area is 169 Å². The number of ether oxygens (including phenoxy) is 1. The van der Waals surface area contributed by atoms with E-state index in [-0.39, 0.29) is 30.3 Å². The van der Waals surface area contributed by atoms with Gasteiger partial charge in [-0.1, -0.05) is 22.8 Å². The highest BCUT2D eigenvalue weighted by Gasteiger charge is 2.36. The van der Waals surface area contributed by atoms with Gasteiger partial charge in [0.25, 0.3) is 0 Å². The van der Waals surface area contributed by atoms with Crippen molar-refractivity contribution < 1.29 is 18.8 Å². The molecular formula is C20H24ClN3O4. The molecule has 0 saturated carbocycles. The molecule has 1 aromatic carbocycles. The van der Waals surface area contributed by atoms with Gasteiger partial charge in [0.05, 0.1) is 11.8 Å². The standard InChI is InChI=1S/C20H24ClN3O4/c1-12-7-15(28-23-12)8-14-10-24(11-18(14)27-3)20(26)9-19(25)22-17-6-4-5-16(21)13(17)2/h4-7,14,18H,8-11H2,1-3H3,(H,22,25)/t14-,18+/m1/s1. The van der Waals surface area contributed by atoms with Gasteiger partial charge in [-0.3, -0.25) is 9.59 Å². The van der Waals surface area contributed by atoms with Gasteiger partial charge in [-0.15, -0.1) is 0 Å². The fourth-order valence-corrected chi connectivity index (χ4v) is 3.64. The minimum atomic E-state index is -0.362. The zero-order valence-corrected chi connectivity index (χ0v) is 17.0. The molecule has 0 radical (unpaired) electrons. The number of nitrogens with one attached hydrogen (secondary N) is 1. The molecule has 28 heavy (non-hydrogen) atoms. The van der Waals surface area contributed by atoms with Crippen LogP contribution in [0.15, 0.2) is 28.8 Å². The smallest absolute Gasteiger partial charge is 0.233 e. The number of hydrogen-bond acceptors (Lipinski definition) is 5. The predicted octanol–water partition coefficient (Wildman–Crippen LogP) is 2.99. The van der Waals surface area contributed by atoms with Crippen molar-refractivity contribution in [2.75, 3.05) is 25.5 Å². The molecule has 2 heterocycles. The number of aromatic nitrogens is 1. The molecule has 2 amide bonds. The van der Waals surface area contributed by atoms with Gasteiger partial charge >= 0.3 is 0 Å². The van der Waals surface area contributed by atoms with E-state index in [9.17, 15) is 9.59 Å². The molecular weight excluding hydrogens is 382 g/mol. The van der Waals surface area contributed by atoms with E-state index in [1.807, 2.05) is 19.9 Å². The Balaban J connectivity index is 1.58. The summed E-state index contributed by atoms with van der Waals surface area (Å²) in [6, 6.07) is 7.16. The summed E-state index contributed by atoms with van der Waals surface area (Å²) < 4.78 is 10.8. The maximum Gasteiger partial charge on any atom is 0.233 e. The van der Waals surface area contributed by atoms with Crippen molar-refractivity contribution in [3.8, 4) is 0 Å². The summed E-state index contributed by atoms with van der Waals surface area (Å²) in [5.41, 5.74) is 2.20. The Hall–Kier alpha value is -2.38. The molecule has 1 aliphatic heterocycles. The molecule has 0 aliphatic carbocycles. The zero-order chi connectivity index (χ0) is 20.3. The Bertz CT molecular complexity index is 867. The van der Waals surface area contributed by atoms with Crippen LogP contribution >= 0.6 is 11.6 Å². The number of likely N-dealkylation sites (tertiary alicyclic amines) is 1. The number of anilines is 1. The number of carbonyl (C=O) groups is 2. The second kappa shape index (κ2) is 8.75. The van der Waals surface area contributed by atoms with E-state index in [1.54, 1.807) is 30.2 Å². The molecule has 1 fully saturated rings. The number of methoxy groups -OCH3 is 1.